The van der Waals surface area contributed by atoms with E-state index in [9.17, 15) is 9.59 Å². The number of nitrogens with one attached hydrogen (secondary N) is 1. The number of halogens is 1. The summed E-state index contributed by atoms with van der Waals surface area (Å²) in [5, 5.41) is 12.2. The molecule has 0 spiro atoms. The smallest absolute Gasteiger partial charge is 0.227 e. The van der Waals surface area contributed by atoms with Gasteiger partial charge in [-0.05, 0) is 42.5 Å². The second-order valence-corrected chi connectivity index (χ2v) is 7.21. The molecule has 1 N–H and O–H groups in total. The monoisotopic (exact) mass is 448 g/mol. The van der Waals surface area contributed by atoms with Gasteiger partial charge < -0.3 is 15.0 Å². The van der Waals surface area contributed by atoms with E-state index in [0.717, 1.165) is 0 Å². The quantitative estimate of drug-likeness (QED) is 0.485. The van der Waals surface area contributed by atoms with Gasteiger partial charge in [-0.2, -0.15) is 5.26 Å². The number of hydrogen-bond acceptors (Lipinski definition) is 5. The fourth-order valence-electron chi connectivity index (χ4n) is 2.88. The van der Waals surface area contributed by atoms with Crippen molar-refractivity contribution in [3.05, 3.63) is 77.9 Å². The summed E-state index contributed by atoms with van der Waals surface area (Å²) >= 11 is 5.85. The number of ether oxygens (including phenoxy) is 1. The van der Waals surface area contributed by atoms with Gasteiger partial charge in [0.05, 0.1) is 24.4 Å². The van der Waals surface area contributed by atoms with E-state index in [2.05, 4.69) is 10.3 Å². The molecular weight excluding hydrogens is 428 g/mol. The third kappa shape index (κ3) is 6.83. The van der Waals surface area contributed by atoms with E-state index >= 15 is 0 Å². The predicted molar refractivity (Wildman–Crippen MR) is 123 cm³/mol. The van der Waals surface area contributed by atoms with Gasteiger partial charge in [-0.1, -0.05) is 29.8 Å². The largest absolute Gasteiger partial charge is 0.439 e. The first-order valence-corrected chi connectivity index (χ1v) is 10.3. The molecule has 2 aromatic carbocycles. The Labute approximate surface area is 191 Å². The Bertz CT molecular complexity index is 1080. The zero-order chi connectivity index (χ0) is 22.8. The second-order valence-electron chi connectivity index (χ2n) is 6.78. The van der Waals surface area contributed by atoms with E-state index in [-0.39, 0.29) is 37.6 Å². The molecule has 0 bridgehead atoms. The number of nitriles is 1. The maximum absolute atomic E-state index is 12.6. The number of rotatable bonds is 9. The Morgan fingerprint density at radius 3 is 2.44 bits per heavy atom. The summed E-state index contributed by atoms with van der Waals surface area (Å²) in [4.78, 5) is 30.6. The van der Waals surface area contributed by atoms with Gasteiger partial charge >= 0.3 is 0 Å². The number of hydrogen-bond donors (Lipinski definition) is 1. The summed E-state index contributed by atoms with van der Waals surface area (Å²) in [6, 6.07) is 21.3. The molecule has 32 heavy (non-hydrogen) atoms. The molecule has 8 heteroatoms. The number of amides is 2. The SMILES string of the molecule is N#CCCN(C(=O)CCC(=O)Nc1ccc(Oc2ccc(Cl)cc2)nc1)c1ccccc1. The first-order chi connectivity index (χ1) is 15.5. The van der Waals surface area contributed by atoms with Crippen LogP contribution in [0.15, 0.2) is 72.9 Å². The van der Waals surface area contributed by atoms with E-state index < -0.39 is 0 Å². The third-order valence-electron chi connectivity index (χ3n) is 4.44. The van der Waals surface area contributed by atoms with Crippen molar-refractivity contribution in [3.8, 4) is 17.7 Å². The van der Waals surface area contributed by atoms with E-state index in [0.29, 0.717) is 28.0 Å². The molecule has 0 aliphatic carbocycles. The molecule has 0 aliphatic heterocycles. The minimum atomic E-state index is -0.306. The molecule has 1 heterocycles. The molecule has 2 amide bonds. The second kappa shape index (κ2) is 11.5. The van der Waals surface area contributed by atoms with Crippen molar-refractivity contribution in [3.63, 3.8) is 0 Å². The van der Waals surface area contributed by atoms with E-state index in [1.807, 2.05) is 24.3 Å². The Kier molecular flexibility index (Phi) is 8.18. The van der Waals surface area contributed by atoms with Crippen LogP contribution in [0.5, 0.6) is 11.6 Å². The molecule has 7 nitrogen and oxygen atoms in total. The van der Waals surface area contributed by atoms with Crippen molar-refractivity contribution >= 4 is 34.8 Å². The standard InChI is InChI=1S/C24H21ClN4O3/c25-18-7-10-21(11-8-18)32-23-13-9-19(17-27-23)28-22(30)12-14-24(31)29(16-4-15-26)20-5-2-1-3-6-20/h1-3,5-11,13,17H,4,12,14,16H2,(H,28,30). The summed E-state index contributed by atoms with van der Waals surface area (Å²) in [6.45, 7) is 0.278. The van der Waals surface area contributed by atoms with Gasteiger partial charge in [0.25, 0.3) is 0 Å². The summed E-state index contributed by atoms with van der Waals surface area (Å²) in [5.41, 5.74) is 1.20. The lowest BCUT2D eigenvalue weighted by atomic mass is 10.2. The van der Waals surface area contributed by atoms with Crippen molar-refractivity contribution in [2.75, 3.05) is 16.8 Å². The van der Waals surface area contributed by atoms with Gasteiger partial charge in [0.1, 0.15) is 5.75 Å². The zero-order valence-corrected chi connectivity index (χ0v) is 18.0. The molecule has 0 atom stereocenters. The minimum Gasteiger partial charge on any atom is -0.439 e. The van der Waals surface area contributed by atoms with E-state index in [4.69, 9.17) is 21.6 Å². The Morgan fingerprint density at radius 2 is 1.78 bits per heavy atom. The molecule has 3 rings (SSSR count). The van der Waals surface area contributed by atoms with Crippen molar-refractivity contribution in [1.82, 2.24) is 4.98 Å². The molecular formula is C24H21ClN4O3. The van der Waals surface area contributed by atoms with Crippen molar-refractivity contribution in [1.29, 1.82) is 5.26 Å². The molecule has 0 saturated carbocycles. The fraction of sp³-hybridized carbons (Fsp3) is 0.167. The normalized spacial score (nSPS) is 10.1. The number of aromatic nitrogens is 1. The van der Waals surface area contributed by atoms with Crippen LogP contribution in [-0.4, -0.2) is 23.3 Å². The Morgan fingerprint density at radius 1 is 1.03 bits per heavy atom. The first kappa shape index (κ1) is 22.8. The highest BCUT2D eigenvalue weighted by atomic mass is 35.5. The molecule has 1 aromatic heterocycles. The van der Waals surface area contributed by atoms with E-state index in [1.54, 1.807) is 48.5 Å². The highest BCUT2D eigenvalue weighted by Crippen LogP contribution is 2.22. The van der Waals surface area contributed by atoms with Gasteiger partial charge in [-0.25, -0.2) is 4.98 Å². The lowest BCUT2D eigenvalue weighted by Crippen LogP contribution is -2.32. The zero-order valence-electron chi connectivity index (χ0n) is 17.2. The van der Waals surface area contributed by atoms with Crippen LogP contribution in [-0.2, 0) is 9.59 Å². The van der Waals surface area contributed by atoms with Crippen LogP contribution in [0.4, 0.5) is 11.4 Å². The van der Waals surface area contributed by atoms with Gasteiger partial charge in [0.15, 0.2) is 0 Å². The van der Waals surface area contributed by atoms with Crippen LogP contribution in [0.3, 0.4) is 0 Å². The number of para-hydroxylation sites is 1. The van der Waals surface area contributed by atoms with E-state index in [1.165, 1.54) is 11.1 Å². The maximum Gasteiger partial charge on any atom is 0.227 e. The van der Waals surface area contributed by atoms with Crippen LogP contribution in [0, 0.1) is 11.3 Å². The highest BCUT2D eigenvalue weighted by molar-refractivity contribution is 6.30. The lowest BCUT2D eigenvalue weighted by molar-refractivity contribution is -0.122. The number of pyridine rings is 1. The van der Waals surface area contributed by atoms with Crippen molar-refractivity contribution < 1.29 is 14.3 Å². The predicted octanol–water partition coefficient (Wildman–Crippen LogP) is 5.19. The summed E-state index contributed by atoms with van der Waals surface area (Å²) in [6.07, 6.45) is 1.73. The molecule has 0 radical (unpaired) electrons. The van der Waals surface area contributed by atoms with Gasteiger partial charge in [0.2, 0.25) is 17.7 Å². The van der Waals surface area contributed by atoms with Crippen LogP contribution in [0.1, 0.15) is 19.3 Å². The summed E-state index contributed by atoms with van der Waals surface area (Å²) in [7, 11) is 0. The number of carbonyl (C=O) groups excluding carboxylic acids is 2. The third-order valence-corrected chi connectivity index (χ3v) is 4.69. The minimum absolute atomic E-state index is 0.0117. The van der Waals surface area contributed by atoms with Crippen LogP contribution < -0.4 is 15.0 Å². The average Bonchev–Trinajstić information content (AvgIpc) is 2.81. The first-order valence-electron chi connectivity index (χ1n) is 9.97. The van der Waals surface area contributed by atoms with Crippen LogP contribution in [0.25, 0.3) is 0 Å². The molecule has 0 unspecified atom stereocenters. The van der Waals surface area contributed by atoms with Crippen LogP contribution >= 0.6 is 11.6 Å². The van der Waals surface area contributed by atoms with Crippen molar-refractivity contribution in [2.24, 2.45) is 0 Å². The van der Waals surface area contributed by atoms with Crippen molar-refractivity contribution in [2.45, 2.75) is 19.3 Å². The van der Waals surface area contributed by atoms with Gasteiger partial charge in [-0.15, -0.1) is 0 Å². The summed E-state index contributed by atoms with van der Waals surface area (Å²) in [5.74, 6) is 0.444. The van der Waals surface area contributed by atoms with Crippen LogP contribution in [0.2, 0.25) is 5.02 Å². The average molecular weight is 449 g/mol. The Balaban J connectivity index is 1.51. The Hall–Kier alpha value is -3.89. The number of benzene rings is 2. The number of carbonyl (C=O) groups is 2. The molecule has 0 aliphatic rings. The highest BCUT2D eigenvalue weighted by Gasteiger charge is 2.16. The maximum atomic E-state index is 12.6. The molecule has 3 aromatic rings. The lowest BCUT2D eigenvalue weighted by Gasteiger charge is -2.21. The molecule has 162 valence electrons. The molecule has 0 saturated heterocycles. The summed E-state index contributed by atoms with van der Waals surface area (Å²) < 4.78 is 5.62. The number of anilines is 2. The fourth-order valence-corrected chi connectivity index (χ4v) is 3.01. The molecule has 0 fully saturated rings. The van der Waals surface area contributed by atoms with Gasteiger partial charge in [0, 0.05) is 36.2 Å². The number of nitrogens with zero attached hydrogens (tertiary/aromatic N) is 3. The van der Waals surface area contributed by atoms with Gasteiger partial charge in [-0.3, -0.25) is 9.59 Å². The topological polar surface area (TPSA) is 95.3 Å².